The molecule has 4 aliphatic carbocycles. The highest BCUT2D eigenvalue weighted by Gasteiger charge is 2.52. The van der Waals surface area contributed by atoms with E-state index in [1.54, 1.807) is 24.3 Å². The summed E-state index contributed by atoms with van der Waals surface area (Å²) in [6.45, 7) is 0. The van der Waals surface area contributed by atoms with Gasteiger partial charge in [-0.3, -0.25) is 10.1 Å². The SMILES string of the molecule is O=C(NC(=O)c1c(F)cccc1F)Nc1ccc(OC23CC4CC(CC(C4)C2)C3)cc1. The van der Waals surface area contributed by atoms with Gasteiger partial charge in [-0.1, -0.05) is 6.07 Å². The lowest BCUT2D eigenvalue weighted by molar-refractivity contribution is -0.107. The number of hydrogen-bond acceptors (Lipinski definition) is 3. The van der Waals surface area contributed by atoms with E-state index in [0.29, 0.717) is 5.69 Å². The first-order valence-electron chi connectivity index (χ1n) is 10.7. The Hall–Kier alpha value is -2.96. The predicted octanol–water partition coefficient (Wildman–Crippen LogP) is 5.27. The molecule has 2 N–H and O–H groups in total. The third kappa shape index (κ3) is 4.01. The second kappa shape index (κ2) is 7.62. The molecule has 162 valence electrons. The Morgan fingerprint density at radius 2 is 1.42 bits per heavy atom. The van der Waals surface area contributed by atoms with Crippen LogP contribution in [0.25, 0.3) is 0 Å². The summed E-state index contributed by atoms with van der Waals surface area (Å²) in [7, 11) is 0. The Morgan fingerprint density at radius 3 is 1.97 bits per heavy atom. The van der Waals surface area contributed by atoms with E-state index in [9.17, 15) is 18.4 Å². The number of imide groups is 1. The topological polar surface area (TPSA) is 67.4 Å². The summed E-state index contributed by atoms with van der Waals surface area (Å²) in [5, 5.41) is 4.44. The molecule has 0 aromatic heterocycles. The number of benzene rings is 2. The number of nitrogens with one attached hydrogen (secondary N) is 2. The molecular formula is C24H24F2N2O3. The molecule has 0 spiro atoms. The third-order valence-corrected chi connectivity index (χ3v) is 6.85. The Morgan fingerprint density at radius 1 is 0.871 bits per heavy atom. The molecule has 7 heteroatoms. The molecule has 4 fully saturated rings. The number of carbonyl (C=O) groups is 2. The number of urea groups is 1. The van der Waals surface area contributed by atoms with Crippen LogP contribution >= 0.6 is 0 Å². The second-order valence-electron chi connectivity index (χ2n) is 9.23. The van der Waals surface area contributed by atoms with Crippen molar-refractivity contribution < 1.29 is 23.1 Å². The molecule has 5 nitrogen and oxygen atoms in total. The minimum atomic E-state index is -1.14. The van der Waals surface area contributed by atoms with Gasteiger partial charge in [0.1, 0.15) is 28.5 Å². The van der Waals surface area contributed by atoms with Gasteiger partial charge in [0.25, 0.3) is 5.91 Å². The standard InChI is InChI=1S/C24H24F2N2O3/c25-19-2-1-3-20(26)21(19)22(29)28-23(30)27-17-4-6-18(7-5-17)31-24-11-14-8-15(12-24)10-16(9-14)13-24/h1-7,14-16H,8-13H2,(H2,27,28,29,30). The molecule has 0 atom stereocenters. The van der Waals surface area contributed by atoms with Gasteiger partial charge in [-0.2, -0.15) is 0 Å². The van der Waals surface area contributed by atoms with Crippen LogP contribution < -0.4 is 15.4 Å². The minimum absolute atomic E-state index is 0.0582. The number of ether oxygens (including phenoxy) is 1. The Labute approximate surface area is 179 Å². The van der Waals surface area contributed by atoms with Gasteiger partial charge in [0, 0.05) is 5.69 Å². The number of halogens is 2. The van der Waals surface area contributed by atoms with E-state index < -0.39 is 29.1 Å². The predicted molar refractivity (Wildman–Crippen MR) is 111 cm³/mol. The largest absolute Gasteiger partial charge is 0.487 e. The first kappa shape index (κ1) is 20.0. The third-order valence-electron chi connectivity index (χ3n) is 6.85. The Balaban J connectivity index is 1.20. The van der Waals surface area contributed by atoms with E-state index in [0.717, 1.165) is 61.0 Å². The van der Waals surface area contributed by atoms with Gasteiger partial charge in [-0.25, -0.2) is 13.6 Å². The molecule has 4 aliphatic rings. The Bertz CT molecular complexity index is 966. The maximum Gasteiger partial charge on any atom is 0.326 e. The quantitative estimate of drug-likeness (QED) is 0.700. The van der Waals surface area contributed by atoms with E-state index in [1.165, 1.54) is 19.3 Å². The number of anilines is 1. The molecule has 0 radical (unpaired) electrons. The van der Waals surface area contributed by atoms with Crippen LogP contribution in [0.2, 0.25) is 0 Å². The van der Waals surface area contributed by atoms with Crippen molar-refractivity contribution in [3.63, 3.8) is 0 Å². The van der Waals surface area contributed by atoms with Crippen LogP contribution in [0, 0.1) is 29.4 Å². The molecule has 0 unspecified atom stereocenters. The van der Waals surface area contributed by atoms with Crippen LogP contribution in [0.4, 0.5) is 19.3 Å². The van der Waals surface area contributed by atoms with Crippen LogP contribution in [0.15, 0.2) is 42.5 Å². The van der Waals surface area contributed by atoms with Crippen LogP contribution in [0.1, 0.15) is 48.9 Å². The van der Waals surface area contributed by atoms with Gasteiger partial charge in [-0.05, 0) is 92.7 Å². The molecule has 0 heterocycles. The zero-order valence-corrected chi connectivity index (χ0v) is 17.0. The molecule has 0 saturated heterocycles. The zero-order chi connectivity index (χ0) is 21.6. The first-order valence-corrected chi connectivity index (χ1v) is 10.7. The van der Waals surface area contributed by atoms with Crippen molar-refractivity contribution in [3.05, 3.63) is 59.7 Å². The van der Waals surface area contributed by atoms with Gasteiger partial charge in [0.15, 0.2) is 0 Å². The lowest BCUT2D eigenvalue weighted by Crippen LogP contribution is -2.53. The van der Waals surface area contributed by atoms with Crippen LogP contribution in [0.3, 0.4) is 0 Å². The minimum Gasteiger partial charge on any atom is -0.487 e. The zero-order valence-electron chi connectivity index (χ0n) is 17.0. The number of hydrogen-bond donors (Lipinski definition) is 2. The molecule has 31 heavy (non-hydrogen) atoms. The highest BCUT2D eigenvalue weighted by Crippen LogP contribution is 2.57. The average Bonchev–Trinajstić information content (AvgIpc) is 2.68. The van der Waals surface area contributed by atoms with Crippen LogP contribution in [-0.4, -0.2) is 17.5 Å². The van der Waals surface area contributed by atoms with E-state index in [4.69, 9.17) is 4.74 Å². The highest BCUT2D eigenvalue weighted by molar-refractivity contribution is 6.08. The average molecular weight is 426 g/mol. The maximum atomic E-state index is 13.7. The van der Waals surface area contributed by atoms with Gasteiger partial charge in [0.2, 0.25) is 0 Å². The smallest absolute Gasteiger partial charge is 0.326 e. The number of rotatable bonds is 4. The van der Waals surface area contributed by atoms with Crippen molar-refractivity contribution >= 4 is 17.6 Å². The summed E-state index contributed by atoms with van der Waals surface area (Å²) in [5.74, 6) is -0.0895. The van der Waals surface area contributed by atoms with Crippen molar-refractivity contribution in [1.29, 1.82) is 0 Å². The fourth-order valence-electron chi connectivity index (χ4n) is 6.06. The molecule has 4 bridgehead atoms. The van der Waals surface area contributed by atoms with Crippen molar-refractivity contribution in [1.82, 2.24) is 5.32 Å². The summed E-state index contributed by atoms with van der Waals surface area (Å²) in [6.07, 6.45) is 7.39. The molecule has 2 aromatic rings. The molecule has 2 aromatic carbocycles. The van der Waals surface area contributed by atoms with E-state index in [2.05, 4.69) is 5.32 Å². The lowest BCUT2D eigenvalue weighted by atomic mass is 9.54. The van der Waals surface area contributed by atoms with E-state index in [-0.39, 0.29) is 5.60 Å². The fraction of sp³-hybridized carbons (Fsp3) is 0.417. The van der Waals surface area contributed by atoms with E-state index >= 15 is 0 Å². The fourth-order valence-corrected chi connectivity index (χ4v) is 6.06. The summed E-state index contributed by atoms with van der Waals surface area (Å²) >= 11 is 0. The van der Waals surface area contributed by atoms with E-state index in [1.807, 2.05) is 5.32 Å². The maximum absolute atomic E-state index is 13.7. The normalized spacial score (nSPS) is 28.3. The monoisotopic (exact) mass is 426 g/mol. The molecular weight excluding hydrogens is 402 g/mol. The van der Waals surface area contributed by atoms with Gasteiger partial charge >= 0.3 is 6.03 Å². The van der Waals surface area contributed by atoms with Crippen molar-refractivity contribution in [3.8, 4) is 5.75 Å². The molecule has 0 aliphatic heterocycles. The molecule has 6 rings (SSSR count). The van der Waals surface area contributed by atoms with Crippen LogP contribution in [0.5, 0.6) is 5.75 Å². The summed E-state index contributed by atoms with van der Waals surface area (Å²) < 4.78 is 33.8. The summed E-state index contributed by atoms with van der Waals surface area (Å²) in [6, 6.07) is 9.15. The number of amides is 3. The summed E-state index contributed by atoms with van der Waals surface area (Å²) in [4.78, 5) is 24.1. The second-order valence-corrected chi connectivity index (χ2v) is 9.23. The lowest BCUT2D eigenvalue weighted by Gasteiger charge is -2.56. The molecule has 3 amide bonds. The van der Waals surface area contributed by atoms with Gasteiger partial charge in [-0.15, -0.1) is 0 Å². The van der Waals surface area contributed by atoms with Crippen LogP contribution in [-0.2, 0) is 0 Å². The highest BCUT2D eigenvalue weighted by atomic mass is 19.1. The van der Waals surface area contributed by atoms with Gasteiger partial charge in [0.05, 0.1) is 0 Å². The van der Waals surface area contributed by atoms with Crippen molar-refractivity contribution in [2.75, 3.05) is 5.32 Å². The number of carbonyl (C=O) groups excluding carboxylic acids is 2. The van der Waals surface area contributed by atoms with Crippen molar-refractivity contribution in [2.24, 2.45) is 17.8 Å². The Kier molecular flexibility index (Phi) is 4.91. The van der Waals surface area contributed by atoms with Crippen molar-refractivity contribution in [2.45, 2.75) is 44.1 Å². The molecule has 4 saturated carbocycles. The van der Waals surface area contributed by atoms with Gasteiger partial charge < -0.3 is 10.1 Å². The first-order chi connectivity index (χ1) is 14.9. The summed E-state index contributed by atoms with van der Waals surface area (Å²) in [5.41, 5.74) is -0.411.